The Labute approximate surface area is 102 Å². The summed E-state index contributed by atoms with van der Waals surface area (Å²) in [7, 11) is 1.61. The monoisotopic (exact) mass is 266 g/mol. The van der Waals surface area contributed by atoms with Crippen LogP contribution in [0.1, 0.15) is 12.8 Å². The number of nitrogens with zero attached hydrogens (tertiary/aromatic N) is 1. The van der Waals surface area contributed by atoms with Gasteiger partial charge in [-0.15, -0.1) is 0 Å². The van der Waals surface area contributed by atoms with E-state index in [0.29, 0.717) is 19.7 Å². The standard InChI is InChI=1S/C9H18N2O5S/c1-16-7-6-11-4-2-9(3-5-11,17(14)15)8(12)10-13/h13H,2-7H2,1H3,(H,10,12)(H,14,15). The van der Waals surface area contributed by atoms with Crippen LogP contribution in [0, 0.1) is 0 Å². The first kappa shape index (κ1) is 14.5. The van der Waals surface area contributed by atoms with Crippen molar-refractivity contribution in [3.05, 3.63) is 0 Å². The molecular weight excluding hydrogens is 248 g/mol. The predicted octanol–water partition coefficient (Wildman–Crippen LogP) is -0.805. The Morgan fingerprint density at radius 2 is 2.12 bits per heavy atom. The van der Waals surface area contributed by atoms with Crippen molar-refractivity contribution in [2.24, 2.45) is 0 Å². The molecule has 1 saturated heterocycles. The number of ether oxygens (including phenoxy) is 1. The maximum Gasteiger partial charge on any atom is 0.264 e. The van der Waals surface area contributed by atoms with Crippen LogP contribution in [0.4, 0.5) is 0 Å². The summed E-state index contributed by atoms with van der Waals surface area (Å²) >= 11 is -2.29. The van der Waals surface area contributed by atoms with E-state index < -0.39 is 21.7 Å². The van der Waals surface area contributed by atoms with Crippen LogP contribution < -0.4 is 5.48 Å². The third kappa shape index (κ3) is 3.23. The average Bonchev–Trinajstić information content (AvgIpc) is 2.35. The number of hydrogen-bond acceptors (Lipinski definition) is 5. The number of nitrogens with one attached hydrogen (secondary N) is 1. The summed E-state index contributed by atoms with van der Waals surface area (Å²) in [6, 6.07) is 0. The second-order valence-corrected chi connectivity index (χ2v) is 5.30. The van der Waals surface area contributed by atoms with Crippen LogP contribution >= 0.6 is 0 Å². The zero-order chi connectivity index (χ0) is 12.9. The molecule has 7 nitrogen and oxygen atoms in total. The number of carbonyl (C=O) groups excluding carboxylic acids is 1. The number of likely N-dealkylation sites (tertiary alicyclic amines) is 1. The van der Waals surface area contributed by atoms with Crippen LogP contribution in [0.15, 0.2) is 0 Å². The molecule has 3 N–H and O–H groups in total. The van der Waals surface area contributed by atoms with E-state index in [1.54, 1.807) is 7.11 Å². The lowest BCUT2D eigenvalue weighted by atomic mass is 9.95. The van der Waals surface area contributed by atoms with Crippen LogP contribution in [0.2, 0.25) is 0 Å². The highest BCUT2D eigenvalue weighted by molar-refractivity contribution is 7.81. The fraction of sp³-hybridized carbons (Fsp3) is 0.889. The van der Waals surface area contributed by atoms with E-state index in [2.05, 4.69) is 4.90 Å². The highest BCUT2D eigenvalue weighted by Gasteiger charge is 2.46. The predicted molar refractivity (Wildman–Crippen MR) is 61.0 cm³/mol. The van der Waals surface area contributed by atoms with Crippen molar-refractivity contribution in [2.75, 3.05) is 33.4 Å². The van der Waals surface area contributed by atoms with Gasteiger partial charge in [0.2, 0.25) is 0 Å². The molecule has 0 aromatic rings. The summed E-state index contributed by atoms with van der Waals surface area (Å²) in [6.45, 7) is 2.37. The third-order valence-electron chi connectivity index (χ3n) is 3.12. The Balaban J connectivity index is 2.62. The molecule has 1 heterocycles. The van der Waals surface area contributed by atoms with Crippen molar-refractivity contribution in [3.8, 4) is 0 Å². The molecule has 0 spiro atoms. The number of carbonyl (C=O) groups is 1. The van der Waals surface area contributed by atoms with E-state index in [4.69, 9.17) is 9.94 Å². The van der Waals surface area contributed by atoms with Gasteiger partial charge in [0.1, 0.15) is 0 Å². The Kier molecular flexibility index (Phi) is 5.47. The average molecular weight is 266 g/mol. The Morgan fingerprint density at radius 3 is 2.53 bits per heavy atom. The molecule has 0 bridgehead atoms. The fourth-order valence-corrected chi connectivity index (χ4v) is 2.68. The lowest BCUT2D eigenvalue weighted by Crippen LogP contribution is -2.55. The molecule has 0 saturated carbocycles. The Hall–Kier alpha value is -0.540. The zero-order valence-electron chi connectivity index (χ0n) is 9.72. The number of piperidine rings is 1. The fourth-order valence-electron chi connectivity index (χ4n) is 1.94. The topological polar surface area (TPSA) is 99.1 Å². The lowest BCUT2D eigenvalue weighted by Gasteiger charge is -2.37. The van der Waals surface area contributed by atoms with Gasteiger partial charge in [-0.2, -0.15) is 0 Å². The summed E-state index contributed by atoms with van der Waals surface area (Å²) in [4.78, 5) is 13.5. The second-order valence-electron chi connectivity index (χ2n) is 4.02. The van der Waals surface area contributed by atoms with Gasteiger partial charge in [-0.1, -0.05) is 0 Å². The largest absolute Gasteiger partial charge is 0.383 e. The highest BCUT2D eigenvalue weighted by atomic mass is 32.2. The molecule has 1 rings (SSSR count). The summed E-state index contributed by atoms with van der Waals surface area (Å²) < 4.78 is 24.1. The van der Waals surface area contributed by atoms with E-state index in [0.717, 1.165) is 6.54 Å². The van der Waals surface area contributed by atoms with Gasteiger partial charge in [0, 0.05) is 26.7 Å². The molecule has 0 aliphatic carbocycles. The molecule has 17 heavy (non-hydrogen) atoms. The van der Waals surface area contributed by atoms with Crippen LogP contribution in [0.3, 0.4) is 0 Å². The van der Waals surface area contributed by atoms with Gasteiger partial charge in [-0.3, -0.25) is 10.0 Å². The van der Waals surface area contributed by atoms with Gasteiger partial charge in [0.25, 0.3) is 5.91 Å². The van der Waals surface area contributed by atoms with Gasteiger partial charge in [0.05, 0.1) is 6.61 Å². The van der Waals surface area contributed by atoms with Crippen molar-refractivity contribution >= 4 is 17.0 Å². The summed E-state index contributed by atoms with van der Waals surface area (Å²) in [5, 5.41) is 8.63. The number of amides is 1. The molecule has 0 radical (unpaired) electrons. The van der Waals surface area contributed by atoms with Gasteiger partial charge in [0.15, 0.2) is 15.8 Å². The molecule has 1 aliphatic heterocycles. The lowest BCUT2D eigenvalue weighted by molar-refractivity contribution is -0.133. The second kappa shape index (κ2) is 6.41. The first-order chi connectivity index (χ1) is 8.06. The van der Waals surface area contributed by atoms with E-state index in [9.17, 15) is 13.6 Å². The van der Waals surface area contributed by atoms with E-state index >= 15 is 0 Å². The molecule has 0 aromatic heterocycles. The van der Waals surface area contributed by atoms with Crippen LogP contribution in [0.25, 0.3) is 0 Å². The Morgan fingerprint density at radius 1 is 1.53 bits per heavy atom. The Bertz CT molecular complexity index is 291. The van der Waals surface area contributed by atoms with Crippen molar-refractivity contribution in [1.82, 2.24) is 10.4 Å². The number of rotatable bonds is 5. The first-order valence-electron chi connectivity index (χ1n) is 5.33. The number of hydrogen-bond donors (Lipinski definition) is 3. The van der Waals surface area contributed by atoms with Gasteiger partial charge >= 0.3 is 0 Å². The van der Waals surface area contributed by atoms with Crippen LogP contribution in [0.5, 0.6) is 0 Å². The number of hydroxylamine groups is 1. The maximum atomic E-state index is 11.5. The van der Waals surface area contributed by atoms with Crippen molar-refractivity contribution in [3.63, 3.8) is 0 Å². The molecule has 0 aromatic carbocycles. The number of methoxy groups -OCH3 is 1. The molecule has 8 heteroatoms. The third-order valence-corrected chi connectivity index (χ3v) is 4.39. The van der Waals surface area contributed by atoms with Gasteiger partial charge in [-0.05, 0) is 12.8 Å². The molecule has 1 amide bonds. The van der Waals surface area contributed by atoms with Crippen molar-refractivity contribution in [1.29, 1.82) is 0 Å². The molecule has 1 fully saturated rings. The molecule has 1 aliphatic rings. The molecule has 100 valence electrons. The van der Waals surface area contributed by atoms with Gasteiger partial charge in [-0.25, -0.2) is 9.69 Å². The summed E-state index contributed by atoms with van der Waals surface area (Å²) in [5.74, 6) is -0.787. The SMILES string of the molecule is COCCN1CCC(C(=O)NO)(S(=O)O)CC1. The van der Waals surface area contributed by atoms with E-state index in [1.807, 2.05) is 0 Å². The quantitative estimate of drug-likeness (QED) is 0.342. The smallest absolute Gasteiger partial charge is 0.264 e. The highest BCUT2D eigenvalue weighted by Crippen LogP contribution is 2.28. The minimum atomic E-state index is -2.29. The zero-order valence-corrected chi connectivity index (χ0v) is 10.5. The first-order valence-corrected chi connectivity index (χ1v) is 6.44. The molecule has 1 unspecified atom stereocenters. The maximum absolute atomic E-state index is 11.5. The minimum Gasteiger partial charge on any atom is -0.383 e. The van der Waals surface area contributed by atoms with Crippen LogP contribution in [-0.2, 0) is 20.6 Å². The normalized spacial score (nSPS) is 22.1. The van der Waals surface area contributed by atoms with E-state index in [1.165, 1.54) is 5.48 Å². The van der Waals surface area contributed by atoms with Gasteiger partial charge < -0.3 is 14.2 Å². The molecule has 1 atom stereocenters. The van der Waals surface area contributed by atoms with E-state index in [-0.39, 0.29) is 12.8 Å². The minimum absolute atomic E-state index is 0.242. The molecular formula is C9H18N2O5S. The summed E-state index contributed by atoms with van der Waals surface area (Å²) in [5.41, 5.74) is 1.48. The van der Waals surface area contributed by atoms with Crippen molar-refractivity contribution < 1.29 is 23.5 Å². The van der Waals surface area contributed by atoms with Crippen molar-refractivity contribution in [2.45, 2.75) is 17.6 Å². The van der Waals surface area contributed by atoms with Crippen LogP contribution in [-0.4, -0.2) is 62.9 Å². The summed E-state index contributed by atoms with van der Waals surface area (Å²) in [6.07, 6.45) is 0.485.